The lowest BCUT2D eigenvalue weighted by atomic mass is 10.0. The first-order chi connectivity index (χ1) is 15.9. The number of pyridine rings is 1. The molecular formula is C23H21F3N2O5S. The zero-order valence-electron chi connectivity index (χ0n) is 18.3. The topological polar surface area (TPSA) is 95.3 Å². The van der Waals surface area contributed by atoms with E-state index in [1.54, 1.807) is 24.5 Å². The van der Waals surface area contributed by atoms with Crippen molar-refractivity contribution in [2.24, 2.45) is 0 Å². The molecule has 0 saturated carbocycles. The fourth-order valence-corrected chi connectivity index (χ4v) is 6.19. The molecule has 1 atom stereocenters. The zero-order chi connectivity index (χ0) is 24.8. The third kappa shape index (κ3) is 4.44. The van der Waals surface area contributed by atoms with Crippen LogP contribution in [0.4, 0.5) is 13.2 Å². The highest BCUT2D eigenvalue weighted by molar-refractivity contribution is 7.91. The molecule has 1 aliphatic rings. The molecule has 11 heteroatoms. The van der Waals surface area contributed by atoms with Crippen molar-refractivity contribution in [1.82, 2.24) is 9.55 Å². The molecule has 0 amide bonds. The lowest BCUT2D eigenvalue weighted by Crippen LogP contribution is -2.20. The summed E-state index contributed by atoms with van der Waals surface area (Å²) in [7, 11) is -3.15. The van der Waals surface area contributed by atoms with Crippen molar-refractivity contribution in [3.63, 3.8) is 0 Å². The maximum absolute atomic E-state index is 13.8. The number of esters is 1. The van der Waals surface area contributed by atoms with E-state index in [0.29, 0.717) is 17.8 Å². The third-order valence-electron chi connectivity index (χ3n) is 5.97. The summed E-state index contributed by atoms with van der Waals surface area (Å²) in [6.45, 7) is 2.62. The molecular weight excluding hydrogens is 473 g/mol. The van der Waals surface area contributed by atoms with Crippen LogP contribution in [0, 0.1) is 13.8 Å². The first kappa shape index (κ1) is 23.9. The van der Waals surface area contributed by atoms with Crippen LogP contribution in [0.1, 0.15) is 50.1 Å². The van der Waals surface area contributed by atoms with Gasteiger partial charge in [-0.2, -0.15) is 13.2 Å². The molecule has 0 radical (unpaired) electrons. The van der Waals surface area contributed by atoms with Gasteiger partial charge in [0.1, 0.15) is 0 Å². The summed E-state index contributed by atoms with van der Waals surface area (Å²) in [5, 5.41) is -0.245. The molecule has 3 heterocycles. The van der Waals surface area contributed by atoms with Crippen LogP contribution in [-0.4, -0.2) is 47.8 Å². The molecule has 1 aliphatic heterocycles. The number of halogens is 3. The number of ketones is 1. The normalized spacial score (nSPS) is 17.7. The number of hydrogen-bond acceptors (Lipinski definition) is 6. The van der Waals surface area contributed by atoms with Gasteiger partial charge < -0.3 is 9.30 Å². The molecule has 0 unspecified atom stereocenters. The lowest BCUT2D eigenvalue weighted by Gasteiger charge is -2.16. The SMILES string of the molecule is Cc1cc(C(=O)COC(=O)c2cnc3ccccc3c2C(F)(F)F)c(C)n1[C@H]1CCS(=O)(=O)C1. The summed E-state index contributed by atoms with van der Waals surface area (Å²) in [6, 6.07) is 6.81. The van der Waals surface area contributed by atoms with Crippen molar-refractivity contribution in [3.8, 4) is 0 Å². The summed E-state index contributed by atoms with van der Waals surface area (Å²) in [5.41, 5.74) is -0.459. The first-order valence-corrected chi connectivity index (χ1v) is 12.3. The summed E-state index contributed by atoms with van der Waals surface area (Å²) in [5.74, 6) is -1.87. The Bertz CT molecular complexity index is 1410. The quantitative estimate of drug-likeness (QED) is 0.392. The maximum atomic E-state index is 13.8. The Morgan fingerprint density at radius 2 is 1.88 bits per heavy atom. The van der Waals surface area contributed by atoms with Crippen molar-refractivity contribution in [1.29, 1.82) is 0 Å². The summed E-state index contributed by atoms with van der Waals surface area (Å²) >= 11 is 0. The van der Waals surface area contributed by atoms with Gasteiger partial charge in [0.05, 0.1) is 28.1 Å². The van der Waals surface area contributed by atoms with Crippen LogP contribution in [0.25, 0.3) is 10.9 Å². The van der Waals surface area contributed by atoms with Gasteiger partial charge in [-0.1, -0.05) is 18.2 Å². The Labute approximate surface area is 193 Å². The van der Waals surface area contributed by atoms with E-state index in [2.05, 4.69) is 4.98 Å². The van der Waals surface area contributed by atoms with Gasteiger partial charge in [0.25, 0.3) is 0 Å². The van der Waals surface area contributed by atoms with Crippen LogP contribution in [0.5, 0.6) is 0 Å². The number of sulfone groups is 1. The van der Waals surface area contributed by atoms with E-state index in [-0.39, 0.29) is 34.0 Å². The molecule has 34 heavy (non-hydrogen) atoms. The average molecular weight is 494 g/mol. The minimum absolute atomic E-state index is 0.0266. The number of carbonyl (C=O) groups is 2. The molecule has 0 spiro atoms. The van der Waals surface area contributed by atoms with Crippen molar-refractivity contribution in [2.75, 3.05) is 18.1 Å². The van der Waals surface area contributed by atoms with Crippen molar-refractivity contribution in [2.45, 2.75) is 32.5 Å². The van der Waals surface area contributed by atoms with Crippen LogP contribution in [-0.2, 0) is 20.8 Å². The van der Waals surface area contributed by atoms with Crippen LogP contribution in [0.3, 0.4) is 0 Å². The van der Waals surface area contributed by atoms with Crippen molar-refractivity contribution >= 4 is 32.5 Å². The minimum Gasteiger partial charge on any atom is -0.454 e. The van der Waals surface area contributed by atoms with Crippen LogP contribution < -0.4 is 0 Å². The molecule has 180 valence electrons. The van der Waals surface area contributed by atoms with Crippen LogP contribution in [0.15, 0.2) is 36.5 Å². The molecule has 1 aromatic carbocycles. The van der Waals surface area contributed by atoms with Gasteiger partial charge in [0, 0.05) is 34.6 Å². The number of aromatic nitrogens is 2. The third-order valence-corrected chi connectivity index (χ3v) is 7.72. The highest BCUT2D eigenvalue weighted by Gasteiger charge is 2.38. The monoisotopic (exact) mass is 494 g/mol. The van der Waals surface area contributed by atoms with E-state index in [4.69, 9.17) is 4.74 Å². The fraction of sp³-hybridized carbons (Fsp3) is 0.348. The molecule has 1 fully saturated rings. The number of ether oxygens (including phenoxy) is 1. The van der Waals surface area contributed by atoms with E-state index in [9.17, 15) is 31.2 Å². The van der Waals surface area contributed by atoms with Gasteiger partial charge in [-0.25, -0.2) is 13.2 Å². The Hall–Kier alpha value is -3.21. The molecule has 3 aromatic rings. The zero-order valence-corrected chi connectivity index (χ0v) is 19.2. The molecule has 0 aliphatic carbocycles. The molecule has 7 nitrogen and oxygen atoms in total. The standard InChI is InChI=1S/C23H21F3N2O5S/c1-13-9-17(14(2)28(13)15-7-8-34(31,32)12-15)20(29)11-33-22(30)18-10-27-19-6-4-3-5-16(19)21(18)23(24,25)26/h3-6,9-10,15H,7-8,11-12H2,1-2H3/t15-/m0/s1. The smallest absolute Gasteiger partial charge is 0.417 e. The van der Waals surface area contributed by atoms with Gasteiger partial charge in [0.15, 0.2) is 16.4 Å². The number of rotatable bonds is 5. The van der Waals surface area contributed by atoms with Gasteiger partial charge in [-0.15, -0.1) is 0 Å². The second-order valence-corrected chi connectivity index (χ2v) is 10.5. The number of benzene rings is 1. The molecule has 4 rings (SSSR count). The van der Waals surface area contributed by atoms with E-state index >= 15 is 0 Å². The molecule has 0 N–H and O–H groups in total. The Morgan fingerprint density at radius 3 is 2.53 bits per heavy atom. The molecule has 0 bridgehead atoms. The van der Waals surface area contributed by atoms with Crippen molar-refractivity contribution in [3.05, 3.63) is 64.6 Å². The van der Waals surface area contributed by atoms with Gasteiger partial charge in [-0.05, 0) is 32.4 Å². The number of para-hydroxylation sites is 1. The molecule has 2 aromatic heterocycles. The van der Waals surface area contributed by atoms with E-state index in [1.807, 2.05) is 0 Å². The number of carbonyl (C=O) groups excluding carboxylic acids is 2. The minimum atomic E-state index is -4.84. The Morgan fingerprint density at radius 1 is 1.18 bits per heavy atom. The first-order valence-electron chi connectivity index (χ1n) is 10.4. The van der Waals surface area contributed by atoms with Gasteiger partial charge >= 0.3 is 12.1 Å². The van der Waals surface area contributed by atoms with E-state index in [0.717, 1.165) is 6.20 Å². The highest BCUT2D eigenvalue weighted by Crippen LogP contribution is 2.37. The second kappa shape index (κ2) is 8.53. The number of nitrogens with zero attached hydrogens (tertiary/aromatic N) is 2. The predicted octanol–water partition coefficient (Wildman–Crippen LogP) is 4.07. The van der Waals surface area contributed by atoms with Crippen LogP contribution >= 0.6 is 0 Å². The largest absolute Gasteiger partial charge is 0.454 e. The number of fused-ring (bicyclic) bond motifs is 1. The average Bonchev–Trinajstić information content (AvgIpc) is 3.27. The number of hydrogen-bond donors (Lipinski definition) is 0. The van der Waals surface area contributed by atoms with E-state index in [1.165, 1.54) is 24.3 Å². The molecule has 1 saturated heterocycles. The number of aryl methyl sites for hydroxylation is 1. The van der Waals surface area contributed by atoms with Crippen LogP contribution in [0.2, 0.25) is 0 Å². The predicted molar refractivity (Wildman–Crippen MR) is 118 cm³/mol. The number of alkyl halides is 3. The van der Waals surface area contributed by atoms with Crippen molar-refractivity contribution < 1.29 is 35.9 Å². The van der Waals surface area contributed by atoms with Gasteiger partial charge in [-0.3, -0.25) is 9.78 Å². The highest BCUT2D eigenvalue weighted by atomic mass is 32.2. The second-order valence-electron chi connectivity index (χ2n) is 8.27. The fourth-order valence-electron chi connectivity index (χ4n) is 4.49. The Balaban J connectivity index is 1.56. The summed E-state index contributed by atoms with van der Waals surface area (Å²) in [6.07, 6.45) is -3.62. The summed E-state index contributed by atoms with van der Waals surface area (Å²) in [4.78, 5) is 29.2. The summed E-state index contributed by atoms with van der Waals surface area (Å²) < 4.78 is 71.7. The lowest BCUT2D eigenvalue weighted by molar-refractivity contribution is -0.136. The van der Waals surface area contributed by atoms with Gasteiger partial charge in [0.2, 0.25) is 5.78 Å². The maximum Gasteiger partial charge on any atom is 0.417 e. The Kier molecular flexibility index (Phi) is 6.01. The number of Topliss-reactive ketones (excluding diaryl/α,β-unsaturated/α-hetero) is 1. The van der Waals surface area contributed by atoms with E-state index < -0.39 is 45.5 Å².